The third-order valence-electron chi connectivity index (χ3n) is 3.31. The molecule has 0 spiro atoms. The van der Waals surface area contributed by atoms with Gasteiger partial charge in [0, 0.05) is 18.7 Å². The number of halogens is 1. The van der Waals surface area contributed by atoms with Crippen LogP contribution in [0.25, 0.3) is 0 Å². The van der Waals surface area contributed by atoms with E-state index in [2.05, 4.69) is 10.6 Å². The van der Waals surface area contributed by atoms with E-state index in [9.17, 15) is 9.18 Å². The standard InChI is InChI=1S/C13H17FN2O/c1-13(6-7-15-9-13)12(17)16-8-10-4-2-3-5-11(10)14/h2-5,15H,6-9H2,1H3,(H,16,17). The van der Waals surface area contributed by atoms with Gasteiger partial charge in [0.25, 0.3) is 0 Å². The smallest absolute Gasteiger partial charge is 0.227 e. The van der Waals surface area contributed by atoms with E-state index in [4.69, 9.17) is 0 Å². The number of benzene rings is 1. The number of nitrogens with one attached hydrogen (secondary N) is 2. The van der Waals surface area contributed by atoms with E-state index in [1.165, 1.54) is 6.07 Å². The van der Waals surface area contributed by atoms with Crippen molar-refractivity contribution in [2.45, 2.75) is 19.9 Å². The minimum atomic E-state index is -0.356. The molecule has 1 unspecified atom stereocenters. The van der Waals surface area contributed by atoms with E-state index in [0.29, 0.717) is 12.1 Å². The fraction of sp³-hybridized carbons (Fsp3) is 0.462. The first-order chi connectivity index (χ1) is 8.12. The van der Waals surface area contributed by atoms with Crippen LogP contribution in [0.1, 0.15) is 18.9 Å². The topological polar surface area (TPSA) is 41.1 Å². The van der Waals surface area contributed by atoms with Gasteiger partial charge in [-0.15, -0.1) is 0 Å². The molecule has 2 N–H and O–H groups in total. The predicted octanol–water partition coefficient (Wildman–Crippen LogP) is 1.44. The second-order valence-electron chi connectivity index (χ2n) is 4.76. The number of hydrogen-bond acceptors (Lipinski definition) is 2. The lowest BCUT2D eigenvalue weighted by Crippen LogP contribution is -2.40. The number of amides is 1. The largest absolute Gasteiger partial charge is 0.351 e. The van der Waals surface area contributed by atoms with Crippen molar-refractivity contribution < 1.29 is 9.18 Å². The molecule has 3 nitrogen and oxygen atoms in total. The highest BCUT2D eigenvalue weighted by Crippen LogP contribution is 2.24. The Balaban J connectivity index is 1.94. The van der Waals surface area contributed by atoms with Crippen LogP contribution in [0.4, 0.5) is 4.39 Å². The summed E-state index contributed by atoms with van der Waals surface area (Å²) >= 11 is 0. The van der Waals surface area contributed by atoms with Crippen molar-refractivity contribution in [3.05, 3.63) is 35.6 Å². The Hall–Kier alpha value is -1.42. The van der Waals surface area contributed by atoms with Crippen molar-refractivity contribution in [3.8, 4) is 0 Å². The zero-order chi connectivity index (χ0) is 12.3. The van der Waals surface area contributed by atoms with E-state index in [1.807, 2.05) is 6.92 Å². The van der Waals surface area contributed by atoms with Crippen LogP contribution >= 0.6 is 0 Å². The van der Waals surface area contributed by atoms with Crippen LogP contribution in [0, 0.1) is 11.2 Å². The Labute approximate surface area is 100 Å². The molecule has 0 aliphatic carbocycles. The van der Waals surface area contributed by atoms with Gasteiger partial charge in [-0.3, -0.25) is 4.79 Å². The monoisotopic (exact) mass is 236 g/mol. The summed E-state index contributed by atoms with van der Waals surface area (Å²) in [6.45, 7) is 3.74. The van der Waals surface area contributed by atoms with Crippen molar-refractivity contribution in [3.63, 3.8) is 0 Å². The summed E-state index contributed by atoms with van der Waals surface area (Å²) < 4.78 is 13.3. The highest BCUT2D eigenvalue weighted by atomic mass is 19.1. The molecule has 1 aliphatic heterocycles. The molecule has 4 heteroatoms. The summed E-state index contributed by atoms with van der Waals surface area (Å²) in [5.41, 5.74) is 0.168. The van der Waals surface area contributed by atoms with Crippen LogP contribution < -0.4 is 10.6 Å². The van der Waals surface area contributed by atoms with Gasteiger partial charge in [-0.25, -0.2) is 4.39 Å². The molecule has 0 radical (unpaired) electrons. The fourth-order valence-electron chi connectivity index (χ4n) is 2.04. The highest BCUT2D eigenvalue weighted by molar-refractivity contribution is 5.82. The van der Waals surface area contributed by atoms with Gasteiger partial charge >= 0.3 is 0 Å². The second kappa shape index (κ2) is 4.84. The van der Waals surface area contributed by atoms with Crippen LogP contribution in [0.15, 0.2) is 24.3 Å². The molecular formula is C13H17FN2O. The average Bonchev–Trinajstić information content (AvgIpc) is 2.76. The molecule has 1 heterocycles. The van der Waals surface area contributed by atoms with Gasteiger partial charge in [0.05, 0.1) is 5.41 Å². The van der Waals surface area contributed by atoms with Crippen molar-refractivity contribution in [2.24, 2.45) is 5.41 Å². The summed E-state index contributed by atoms with van der Waals surface area (Å²) in [7, 11) is 0. The molecule has 0 bridgehead atoms. The zero-order valence-corrected chi connectivity index (χ0v) is 9.92. The van der Waals surface area contributed by atoms with Crippen LogP contribution in [-0.4, -0.2) is 19.0 Å². The lowest BCUT2D eigenvalue weighted by atomic mass is 9.89. The van der Waals surface area contributed by atoms with E-state index >= 15 is 0 Å². The molecule has 1 fully saturated rings. The second-order valence-corrected chi connectivity index (χ2v) is 4.76. The van der Waals surface area contributed by atoms with Gasteiger partial charge in [-0.05, 0) is 26.0 Å². The summed E-state index contributed by atoms with van der Waals surface area (Å²) in [5, 5.41) is 5.97. The van der Waals surface area contributed by atoms with Crippen molar-refractivity contribution in [1.82, 2.24) is 10.6 Å². The fourth-order valence-corrected chi connectivity index (χ4v) is 2.04. The first-order valence-electron chi connectivity index (χ1n) is 5.84. The van der Waals surface area contributed by atoms with E-state index in [1.54, 1.807) is 18.2 Å². The molecule has 92 valence electrons. The molecule has 0 saturated carbocycles. The van der Waals surface area contributed by atoms with E-state index < -0.39 is 0 Å². The van der Waals surface area contributed by atoms with Gasteiger partial charge in [-0.1, -0.05) is 18.2 Å². The molecule has 1 aromatic carbocycles. The molecule has 1 aliphatic rings. The maximum absolute atomic E-state index is 13.3. The lowest BCUT2D eigenvalue weighted by molar-refractivity contribution is -0.129. The zero-order valence-electron chi connectivity index (χ0n) is 9.92. The summed E-state index contributed by atoms with van der Waals surface area (Å²) in [6, 6.07) is 6.50. The third kappa shape index (κ3) is 2.64. The normalized spacial score (nSPS) is 23.6. The summed E-state index contributed by atoms with van der Waals surface area (Å²) in [4.78, 5) is 12.0. The Kier molecular flexibility index (Phi) is 3.43. The van der Waals surface area contributed by atoms with Crippen LogP contribution in [0.2, 0.25) is 0 Å². The summed E-state index contributed by atoms with van der Waals surface area (Å²) in [5.74, 6) is -0.284. The third-order valence-corrected chi connectivity index (χ3v) is 3.31. The molecule has 1 amide bonds. The molecule has 2 rings (SSSR count). The van der Waals surface area contributed by atoms with Gasteiger partial charge < -0.3 is 10.6 Å². The Morgan fingerprint density at radius 2 is 2.29 bits per heavy atom. The number of rotatable bonds is 3. The van der Waals surface area contributed by atoms with Gasteiger partial charge in [0.2, 0.25) is 5.91 Å². The van der Waals surface area contributed by atoms with Gasteiger partial charge in [0.1, 0.15) is 5.82 Å². The lowest BCUT2D eigenvalue weighted by Gasteiger charge is -2.21. The van der Waals surface area contributed by atoms with Crippen LogP contribution in [-0.2, 0) is 11.3 Å². The number of carbonyl (C=O) groups is 1. The SMILES string of the molecule is CC1(C(=O)NCc2ccccc2F)CCNC1. The number of carbonyl (C=O) groups excluding carboxylic acids is 1. The molecule has 1 saturated heterocycles. The molecule has 1 aromatic rings. The first-order valence-corrected chi connectivity index (χ1v) is 5.84. The molecule has 17 heavy (non-hydrogen) atoms. The number of hydrogen-bond donors (Lipinski definition) is 2. The highest BCUT2D eigenvalue weighted by Gasteiger charge is 2.35. The minimum absolute atomic E-state index is 0.00856. The van der Waals surface area contributed by atoms with Crippen molar-refractivity contribution in [2.75, 3.05) is 13.1 Å². The first kappa shape index (κ1) is 12.0. The van der Waals surface area contributed by atoms with Crippen LogP contribution in [0.5, 0.6) is 0 Å². The Bertz CT molecular complexity index is 414. The van der Waals surface area contributed by atoms with Crippen molar-refractivity contribution in [1.29, 1.82) is 0 Å². The van der Waals surface area contributed by atoms with Gasteiger partial charge in [0.15, 0.2) is 0 Å². The Morgan fingerprint density at radius 1 is 1.53 bits per heavy atom. The predicted molar refractivity (Wildman–Crippen MR) is 63.8 cm³/mol. The van der Waals surface area contributed by atoms with Crippen molar-refractivity contribution >= 4 is 5.91 Å². The van der Waals surface area contributed by atoms with Gasteiger partial charge in [-0.2, -0.15) is 0 Å². The maximum atomic E-state index is 13.3. The molecular weight excluding hydrogens is 219 g/mol. The van der Waals surface area contributed by atoms with E-state index in [0.717, 1.165) is 13.0 Å². The van der Waals surface area contributed by atoms with Crippen LogP contribution in [0.3, 0.4) is 0 Å². The summed E-state index contributed by atoms with van der Waals surface area (Å²) in [6.07, 6.45) is 0.829. The molecule has 0 aromatic heterocycles. The average molecular weight is 236 g/mol. The molecule has 1 atom stereocenters. The van der Waals surface area contributed by atoms with E-state index in [-0.39, 0.29) is 23.7 Å². The maximum Gasteiger partial charge on any atom is 0.227 e. The minimum Gasteiger partial charge on any atom is -0.351 e. The quantitative estimate of drug-likeness (QED) is 0.834. The Morgan fingerprint density at radius 3 is 2.94 bits per heavy atom.